The molecule has 2 saturated heterocycles. The van der Waals surface area contributed by atoms with Crippen molar-refractivity contribution < 1.29 is 109 Å². The Labute approximate surface area is 314 Å². The van der Waals surface area contributed by atoms with Crippen molar-refractivity contribution in [3.8, 4) is 11.5 Å². The minimum Gasteiger partial charge on any atom is -0.544 e. The van der Waals surface area contributed by atoms with E-state index in [1.807, 2.05) is 0 Å². The van der Waals surface area contributed by atoms with Gasteiger partial charge >= 0.3 is 23.9 Å². The number of carbonyl (C=O) groups is 5. The number of carbonyl (C=O) groups excluding carboxylic acids is 2. The van der Waals surface area contributed by atoms with Crippen LogP contribution in [-0.4, -0.2) is 174 Å². The number of carboxylic acid groups (broad SMARTS) is 4. The van der Waals surface area contributed by atoms with Gasteiger partial charge in [0.2, 0.25) is 6.29 Å². The number of esters is 1. The molecule has 308 valence electrons. The van der Waals surface area contributed by atoms with Gasteiger partial charge in [0.05, 0.1) is 6.61 Å². The van der Waals surface area contributed by atoms with E-state index in [-0.39, 0.29) is 46.8 Å². The summed E-state index contributed by atoms with van der Waals surface area (Å²) in [5.41, 5.74) is 0.390. The number of aliphatic hydroxyl groups excluding tert-OH is 6. The predicted molar refractivity (Wildman–Crippen MR) is 172 cm³/mol. The van der Waals surface area contributed by atoms with Crippen LogP contribution in [0.1, 0.15) is 18.4 Å². The highest BCUT2D eigenvalue weighted by molar-refractivity contribution is 5.90. The van der Waals surface area contributed by atoms with E-state index in [4.69, 9.17) is 28.8 Å². The molecule has 0 aromatic heterocycles. The topological polar surface area (TPSA) is 373 Å². The summed E-state index contributed by atoms with van der Waals surface area (Å²) in [6.45, 7) is -1.82. The standard InChI is InChI=1S/C33H40N2O21/c36-9-19-23(41)25(43)27(45)32(54-19)56-28-26(44)24(42)20(10-52-22(40)8-21(38)39)55-33(28)53-18-6-12-5-16(31(50)51)35(15(12)7-17(18)37)2-1-11-3-13(29(46)47)34-14(4-11)30(48)49/h1,3,6-7,14,16,19-20,23-28,32-34,36-37,41-45H,2,4-5,8-10H2,(H,38,39)(H,46,47)(H,48,49)(H,50,51)/t14-,16-,19+,20+,23+,24+,25-,26-,27+,28+,32-,33+/m0/s1. The van der Waals surface area contributed by atoms with Crippen LogP contribution in [0.3, 0.4) is 0 Å². The Balaban J connectivity index is 1.43. The van der Waals surface area contributed by atoms with Gasteiger partial charge in [-0.05, 0) is 23.8 Å². The first-order valence-electron chi connectivity index (χ1n) is 17.0. The highest BCUT2D eigenvalue weighted by Gasteiger charge is 2.52. The average Bonchev–Trinajstić information content (AvgIpc) is 3.49. The van der Waals surface area contributed by atoms with Gasteiger partial charge in [-0.2, -0.15) is 0 Å². The van der Waals surface area contributed by atoms with E-state index in [0.717, 1.165) is 6.07 Å². The Morgan fingerprint density at radius 1 is 0.911 bits per heavy atom. The lowest BCUT2D eigenvalue weighted by molar-refractivity contribution is -0.840. The van der Waals surface area contributed by atoms with Gasteiger partial charge in [0, 0.05) is 24.5 Å². The fourth-order valence-electron chi connectivity index (χ4n) is 6.69. The second-order valence-electron chi connectivity index (χ2n) is 13.4. The van der Waals surface area contributed by atoms with Crippen molar-refractivity contribution in [3.63, 3.8) is 0 Å². The lowest BCUT2D eigenvalue weighted by Gasteiger charge is -2.45. The molecule has 0 bridgehead atoms. The number of ether oxygens (including phenoxy) is 5. The van der Waals surface area contributed by atoms with Crippen LogP contribution >= 0.6 is 0 Å². The number of quaternary nitrogens is 1. The Kier molecular flexibility index (Phi) is 13.2. The Morgan fingerprint density at radius 2 is 1.59 bits per heavy atom. The molecular weight excluding hydrogens is 760 g/mol. The van der Waals surface area contributed by atoms with Gasteiger partial charge in [0.15, 0.2) is 23.9 Å². The number of aliphatic hydroxyl groups is 6. The van der Waals surface area contributed by atoms with Crippen LogP contribution in [0.15, 0.2) is 35.6 Å². The van der Waals surface area contributed by atoms with Crippen molar-refractivity contribution in [1.82, 2.24) is 5.32 Å². The summed E-state index contributed by atoms with van der Waals surface area (Å²) in [6, 6.07) is -0.200. The van der Waals surface area contributed by atoms with E-state index in [0.29, 0.717) is 0 Å². The van der Waals surface area contributed by atoms with Crippen molar-refractivity contribution >= 4 is 35.5 Å². The molecule has 0 spiro atoms. The number of rotatable bonds is 14. The molecule has 13 atom stereocenters. The van der Waals surface area contributed by atoms with Crippen molar-refractivity contribution in [2.75, 3.05) is 19.8 Å². The first-order chi connectivity index (χ1) is 26.4. The van der Waals surface area contributed by atoms with Crippen molar-refractivity contribution in [2.24, 2.45) is 0 Å². The highest BCUT2D eigenvalue weighted by Crippen LogP contribution is 2.37. The lowest BCUT2D eigenvalue weighted by atomic mass is 9.97. The van der Waals surface area contributed by atoms with Crippen molar-refractivity contribution in [2.45, 2.75) is 92.8 Å². The quantitative estimate of drug-likeness (QED) is 0.0614. The number of aliphatic carboxylic acids is 4. The number of benzene rings is 1. The first-order valence-corrected chi connectivity index (χ1v) is 17.0. The summed E-state index contributed by atoms with van der Waals surface area (Å²) >= 11 is 0. The largest absolute Gasteiger partial charge is 0.544 e. The number of hydrogen-bond acceptors (Lipinski definition) is 19. The number of allylic oxidation sites excluding steroid dienone is 1. The molecule has 0 saturated carbocycles. The third-order valence-electron chi connectivity index (χ3n) is 9.60. The molecule has 12 N–H and O–H groups in total. The molecule has 2 fully saturated rings. The molecule has 4 heterocycles. The maximum atomic E-state index is 12.3. The van der Waals surface area contributed by atoms with Gasteiger partial charge < -0.3 is 90.0 Å². The predicted octanol–water partition coefficient (Wildman–Crippen LogP) is -7.05. The maximum absolute atomic E-state index is 12.3. The maximum Gasteiger partial charge on any atom is 0.351 e. The molecule has 23 nitrogen and oxygen atoms in total. The van der Waals surface area contributed by atoms with Gasteiger partial charge in [-0.25, -0.2) is 9.59 Å². The number of carboxylic acids is 4. The van der Waals surface area contributed by atoms with Crippen LogP contribution in [0.2, 0.25) is 0 Å². The number of nitrogens with one attached hydrogen (secondary N) is 2. The third kappa shape index (κ3) is 9.18. The van der Waals surface area contributed by atoms with Crippen LogP contribution in [0.25, 0.3) is 0 Å². The summed E-state index contributed by atoms with van der Waals surface area (Å²) in [5.74, 6) is -8.07. The number of fused-ring (bicyclic) bond motifs is 1. The molecule has 4 aliphatic rings. The molecule has 5 rings (SSSR count). The van der Waals surface area contributed by atoms with Crippen LogP contribution in [0.4, 0.5) is 5.69 Å². The van der Waals surface area contributed by atoms with Gasteiger partial charge in [0.25, 0.3) is 0 Å². The minimum atomic E-state index is -2.05. The lowest BCUT2D eigenvalue weighted by Crippen LogP contribution is -3.11. The summed E-state index contributed by atoms with van der Waals surface area (Å²) in [7, 11) is 0. The van der Waals surface area contributed by atoms with E-state index < -0.39 is 134 Å². The fourth-order valence-corrected chi connectivity index (χ4v) is 6.69. The summed E-state index contributed by atoms with van der Waals surface area (Å²) < 4.78 is 27.4. The average molecular weight is 801 g/mol. The minimum absolute atomic E-state index is 0.131. The van der Waals surface area contributed by atoms with Gasteiger partial charge in [-0.15, -0.1) is 0 Å². The fraction of sp³-hybridized carbons (Fsp3) is 0.545. The Hall–Kier alpha value is -4.95. The van der Waals surface area contributed by atoms with E-state index in [1.165, 1.54) is 18.2 Å². The Bertz CT molecular complexity index is 1750. The molecule has 4 aliphatic heterocycles. The second kappa shape index (κ2) is 17.5. The van der Waals surface area contributed by atoms with Gasteiger partial charge in [-0.3, -0.25) is 14.5 Å². The Morgan fingerprint density at radius 3 is 2.21 bits per heavy atom. The smallest absolute Gasteiger partial charge is 0.351 e. The normalized spacial score (nSPS) is 34.8. The van der Waals surface area contributed by atoms with E-state index >= 15 is 0 Å². The number of hydrogen-bond donors (Lipinski definition) is 12. The number of aromatic hydroxyl groups is 1. The molecule has 1 unspecified atom stereocenters. The summed E-state index contributed by atoms with van der Waals surface area (Å²) in [6.07, 6.45) is -17.3. The summed E-state index contributed by atoms with van der Waals surface area (Å²) in [5, 5.41) is 116. The van der Waals surface area contributed by atoms with Crippen LogP contribution in [0, 0.1) is 0 Å². The van der Waals surface area contributed by atoms with Gasteiger partial charge in [-0.1, -0.05) is 0 Å². The van der Waals surface area contributed by atoms with Gasteiger partial charge in [0.1, 0.15) is 91.7 Å². The SMILES string of the molecule is O=C(O)CC(=O)OC[C@H]1O[C@@H](Oc2cc3c(cc2O)[NH+](CC=C2C=C(C(=O)O)N[C@H](C(=O)O)C2)[C@H](C(=O)[O-])C3)[C@H](O[C@@H]2O[C@H](CO)[C@@H](O)[C@H](O)[C@H]2O)[C@@H](O)[C@@H]1O. The van der Waals surface area contributed by atoms with E-state index in [1.54, 1.807) is 0 Å². The van der Waals surface area contributed by atoms with Crippen LogP contribution in [0.5, 0.6) is 11.5 Å². The molecule has 0 aliphatic carbocycles. The second-order valence-corrected chi connectivity index (χ2v) is 13.4. The van der Waals surface area contributed by atoms with E-state index in [9.17, 15) is 75.0 Å². The first kappa shape index (κ1) is 42.2. The number of phenolic OH excluding ortho intramolecular Hbond substituents is 1. The zero-order valence-electron chi connectivity index (χ0n) is 28.9. The molecule has 1 aromatic carbocycles. The van der Waals surface area contributed by atoms with E-state index in [2.05, 4.69) is 5.32 Å². The zero-order valence-corrected chi connectivity index (χ0v) is 28.9. The molecule has 23 heteroatoms. The van der Waals surface area contributed by atoms with Crippen LogP contribution < -0.4 is 20.1 Å². The molecule has 56 heavy (non-hydrogen) atoms. The molecular formula is C33H40N2O21. The molecule has 1 aromatic rings. The zero-order chi connectivity index (χ0) is 41.2. The monoisotopic (exact) mass is 800 g/mol. The molecule has 0 radical (unpaired) electrons. The molecule has 0 amide bonds. The van der Waals surface area contributed by atoms with Crippen molar-refractivity contribution in [1.29, 1.82) is 0 Å². The summed E-state index contributed by atoms with van der Waals surface area (Å²) in [4.78, 5) is 58.5. The van der Waals surface area contributed by atoms with Crippen molar-refractivity contribution in [3.05, 3.63) is 41.1 Å². The highest BCUT2D eigenvalue weighted by atomic mass is 16.8. The van der Waals surface area contributed by atoms with Crippen LogP contribution in [-0.2, 0) is 49.3 Å². The third-order valence-corrected chi connectivity index (χ3v) is 9.60. The number of phenols is 1.